The maximum atomic E-state index is 11.7. The Bertz CT molecular complexity index is 471. The third-order valence-electron chi connectivity index (χ3n) is 1.85. The molecule has 0 heterocycles. The van der Waals surface area contributed by atoms with Crippen LogP contribution in [0.1, 0.15) is 12.5 Å². The third-order valence-corrected chi connectivity index (χ3v) is 4.50. The van der Waals surface area contributed by atoms with Crippen LogP contribution in [0.4, 0.5) is 0 Å². The van der Waals surface area contributed by atoms with E-state index in [-0.39, 0.29) is 14.9 Å². The Balaban J connectivity index is 3.43. The second kappa shape index (κ2) is 4.70. The molecule has 0 saturated heterocycles. The summed E-state index contributed by atoms with van der Waals surface area (Å²) in [5.74, 6) is 0. The summed E-state index contributed by atoms with van der Waals surface area (Å²) in [5.41, 5.74) is 0.678. The zero-order valence-electron chi connectivity index (χ0n) is 8.34. The van der Waals surface area contributed by atoms with Crippen LogP contribution in [0.5, 0.6) is 0 Å². The summed E-state index contributed by atoms with van der Waals surface area (Å²) in [5, 5.41) is 0.301. The van der Waals surface area contributed by atoms with Gasteiger partial charge in [-0.3, -0.25) is 0 Å². The van der Waals surface area contributed by atoms with E-state index in [4.69, 9.17) is 23.2 Å². The van der Waals surface area contributed by atoms with Crippen LogP contribution < -0.4 is 4.72 Å². The lowest BCUT2D eigenvalue weighted by atomic mass is 10.2. The first kappa shape index (κ1) is 12.8. The van der Waals surface area contributed by atoms with E-state index in [1.807, 2.05) is 0 Å². The first-order valence-corrected chi connectivity index (χ1v) is 6.58. The van der Waals surface area contributed by atoms with Crippen molar-refractivity contribution < 1.29 is 8.42 Å². The lowest BCUT2D eigenvalue weighted by Gasteiger charge is -2.10. The lowest BCUT2D eigenvalue weighted by Crippen LogP contribution is -2.24. The molecule has 0 bridgehead atoms. The van der Waals surface area contributed by atoms with Gasteiger partial charge in [0.15, 0.2) is 0 Å². The van der Waals surface area contributed by atoms with Crippen LogP contribution in [0.2, 0.25) is 10.0 Å². The van der Waals surface area contributed by atoms with Gasteiger partial charge in [-0.05, 0) is 18.6 Å². The molecule has 0 aromatic heterocycles. The summed E-state index contributed by atoms with van der Waals surface area (Å²) >= 11 is 11.7. The number of benzene rings is 1. The Morgan fingerprint density at radius 2 is 1.93 bits per heavy atom. The van der Waals surface area contributed by atoms with E-state index < -0.39 is 10.0 Å². The molecule has 0 radical (unpaired) electrons. The fourth-order valence-electron chi connectivity index (χ4n) is 1.14. The normalized spacial score (nSPS) is 11.7. The highest BCUT2D eigenvalue weighted by atomic mass is 35.5. The van der Waals surface area contributed by atoms with Crippen LogP contribution in [-0.4, -0.2) is 15.0 Å². The van der Waals surface area contributed by atoms with E-state index in [2.05, 4.69) is 4.72 Å². The van der Waals surface area contributed by atoms with Gasteiger partial charge in [0.1, 0.15) is 4.90 Å². The van der Waals surface area contributed by atoms with Crippen molar-refractivity contribution in [3.8, 4) is 0 Å². The molecule has 0 spiro atoms. The lowest BCUT2D eigenvalue weighted by molar-refractivity contribution is 0.584. The Morgan fingerprint density at radius 3 is 2.47 bits per heavy atom. The van der Waals surface area contributed by atoms with Crippen LogP contribution in [0.15, 0.2) is 17.0 Å². The summed E-state index contributed by atoms with van der Waals surface area (Å²) in [4.78, 5) is -0.0484. The van der Waals surface area contributed by atoms with Crippen molar-refractivity contribution in [2.24, 2.45) is 0 Å². The molecule has 1 N–H and O–H groups in total. The van der Waals surface area contributed by atoms with Gasteiger partial charge in [-0.2, -0.15) is 0 Å². The third kappa shape index (κ3) is 2.64. The monoisotopic (exact) mass is 267 g/mol. The zero-order valence-corrected chi connectivity index (χ0v) is 10.7. The Labute approximate surface area is 99.4 Å². The van der Waals surface area contributed by atoms with Crippen LogP contribution in [0.3, 0.4) is 0 Å². The first-order valence-electron chi connectivity index (χ1n) is 4.34. The molecule has 0 fully saturated rings. The molecule has 84 valence electrons. The van der Waals surface area contributed by atoms with E-state index in [1.165, 1.54) is 6.07 Å². The van der Waals surface area contributed by atoms with E-state index in [0.29, 0.717) is 12.1 Å². The number of sulfonamides is 1. The summed E-state index contributed by atoms with van der Waals surface area (Å²) in [6.07, 6.45) is 0. The highest BCUT2D eigenvalue weighted by Crippen LogP contribution is 2.31. The van der Waals surface area contributed by atoms with Crippen LogP contribution >= 0.6 is 23.2 Å². The Morgan fingerprint density at radius 1 is 1.33 bits per heavy atom. The number of rotatable bonds is 3. The fraction of sp³-hybridized carbons (Fsp3) is 0.333. The van der Waals surface area contributed by atoms with Crippen molar-refractivity contribution in [2.45, 2.75) is 18.7 Å². The van der Waals surface area contributed by atoms with Crippen molar-refractivity contribution in [1.82, 2.24) is 4.72 Å². The number of halogens is 2. The molecular weight excluding hydrogens is 257 g/mol. The molecule has 0 amide bonds. The van der Waals surface area contributed by atoms with E-state index in [1.54, 1.807) is 19.9 Å². The Kier molecular flexibility index (Phi) is 4.00. The standard InChI is InChI=1S/C9H11Cl2NO2S/c1-3-12-15(13,14)9-7(10)5-4-6(2)8(9)11/h4-5,12H,3H2,1-2H3. The predicted octanol–water partition coefficient (Wildman–Crippen LogP) is 2.60. The average molecular weight is 268 g/mol. The number of aryl methyl sites for hydroxylation is 1. The van der Waals surface area contributed by atoms with Gasteiger partial charge in [0, 0.05) is 6.54 Å². The number of hydrogen-bond donors (Lipinski definition) is 1. The summed E-state index contributed by atoms with van der Waals surface area (Å²) in [6, 6.07) is 3.20. The maximum absolute atomic E-state index is 11.7. The molecule has 15 heavy (non-hydrogen) atoms. The molecule has 3 nitrogen and oxygen atoms in total. The predicted molar refractivity (Wildman–Crippen MR) is 62.1 cm³/mol. The van der Waals surface area contributed by atoms with Crippen LogP contribution in [-0.2, 0) is 10.0 Å². The van der Waals surface area contributed by atoms with Gasteiger partial charge in [0.2, 0.25) is 10.0 Å². The first-order chi connectivity index (χ1) is 6.90. The van der Waals surface area contributed by atoms with Gasteiger partial charge < -0.3 is 0 Å². The second-order valence-electron chi connectivity index (χ2n) is 3.01. The fourth-order valence-corrected chi connectivity index (χ4v) is 3.37. The highest BCUT2D eigenvalue weighted by Gasteiger charge is 2.21. The van der Waals surface area contributed by atoms with Crippen molar-refractivity contribution in [3.63, 3.8) is 0 Å². The minimum atomic E-state index is -3.61. The topological polar surface area (TPSA) is 46.2 Å². The molecule has 0 saturated carbocycles. The van der Waals surface area contributed by atoms with Gasteiger partial charge in [-0.15, -0.1) is 0 Å². The van der Waals surface area contributed by atoms with Gasteiger partial charge >= 0.3 is 0 Å². The smallest absolute Gasteiger partial charge is 0.211 e. The molecular formula is C9H11Cl2NO2S. The maximum Gasteiger partial charge on any atom is 0.243 e. The largest absolute Gasteiger partial charge is 0.243 e. The summed E-state index contributed by atoms with van der Waals surface area (Å²) in [7, 11) is -3.61. The van der Waals surface area contributed by atoms with Gasteiger partial charge in [-0.1, -0.05) is 36.2 Å². The van der Waals surface area contributed by atoms with Crippen LogP contribution in [0, 0.1) is 6.92 Å². The molecule has 0 aliphatic rings. The minimum Gasteiger partial charge on any atom is -0.211 e. The molecule has 1 rings (SSSR count). The molecule has 0 atom stereocenters. The molecule has 1 aromatic carbocycles. The number of hydrogen-bond acceptors (Lipinski definition) is 2. The number of nitrogens with one attached hydrogen (secondary N) is 1. The SMILES string of the molecule is CCNS(=O)(=O)c1c(Cl)ccc(C)c1Cl. The van der Waals surface area contributed by atoms with Crippen molar-refractivity contribution in [2.75, 3.05) is 6.54 Å². The van der Waals surface area contributed by atoms with E-state index >= 15 is 0 Å². The molecule has 0 aliphatic carbocycles. The average Bonchev–Trinajstić information content (AvgIpc) is 2.11. The van der Waals surface area contributed by atoms with Crippen molar-refractivity contribution in [1.29, 1.82) is 0 Å². The van der Waals surface area contributed by atoms with Gasteiger partial charge in [0.05, 0.1) is 10.0 Å². The second-order valence-corrected chi connectivity index (χ2v) is 5.50. The van der Waals surface area contributed by atoms with E-state index in [9.17, 15) is 8.42 Å². The summed E-state index contributed by atoms with van der Waals surface area (Å²) in [6.45, 7) is 3.71. The van der Waals surface area contributed by atoms with E-state index in [0.717, 1.165) is 0 Å². The Hall–Kier alpha value is -0.290. The quantitative estimate of drug-likeness (QED) is 0.915. The summed E-state index contributed by atoms with van der Waals surface area (Å²) < 4.78 is 25.8. The van der Waals surface area contributed by atoms with Gasteiger partial charge in [-0.25, -0.2) is 13.1 Å². The van der Waals surface area contributed by atoms with Crippen molar-refractivity contribution >= 4 is 33.2 Å². The highest BCUT2D eigenvalue weighted by molar-refractivity contribution is 7.89. The van der Waals surface area contributed by atoms with Crippen LogP contribution in [0.25, 0.3) is 0 Å². The van der Waals surface area contributed by atoms with Gasteiger partial charge in [0.25, 0.3) is 0 Å². The molecule has 0 unspecified atom stereocenters. The molecule has 6 heteroatoms. The zero-order chi connectivity index (χ0) is 11.6. The molecule has 0 aliphatic heterocycles. The molecule has 1 aromatic rings. The van der Waals surface area contributed by atoms with Crippen molar-refractivity contribution in [3.05, 3.63) is 27.7 Å². The minimum absolute atomic E-state index is 0.0484.